The van der Waals surface area contributed by atoms with Gasteiger partial charge in [0.05, 0.1) is 17.9 Å². The molecule has 1 saturated heterocycles. The van der Waals surface area contributed by atoms with E-state index in [1.807, 2.05) is 0 Å². The number of nitrogens with zero attached hydrogens (tertiary/aromatic N) is 1. The lowest BCUT2D eigenvalue weighted by Gasteiger charge is -2.24. The molecule has 5 N–H and O–H groups in total. The number of benzene rings is 1. The molecule has 3 rings (SSSR count). The minimum Gasteiger partial charge on any atom is -0.380 e. The number of carbonyl (C=O) groups is 2. The number of hydrogen-bond donors (Lipinski definition) is 5. The number of piperidine rings is 1. The van der Waals surface area contributed by atoms with E-state index < -0.39 is 6.03 Å². The Balaban J connectivity index is 1.61. The second kappa shape index (κ2) is 9.13. The predicted octanol–water partition coefficient (Wildman–Crippen LogP) is 2.79. The van der Waals surface area contributed by atoms with Crippen LogP contribution in [0.5, 0.6) is 0 Å². The quantitative estimate of drug-likeness (QED) is 0.481. The normalized spacial score (nSPS) is 17.0. The second-order valence-corrected chi connectivity index (χ2v) is 6.86. The number of rotatable bonds is 6. The highest BCUT2D eigenvalue weighted by atomic mass is 19.1. The van der Waals surface area contributed by atoms with E-state index in [0.29, 0.717) is 30.0 Å². The van der Waals surface area contributed by atoms with Gasteiger partial charge >= 0.3 is 6.03 Å². The smallest absolute Gasteiger partial charge is 0.320 e. The third-order valence-electron chi connectivity index (χ3n) is 4.66. The van der Waals surface area contributed by atoms with Crippen LogP contribution in [-0.2, 0) is 4.79 Å². The highest BCUT2D eigenvalue weighted by molar-refractivity contribution is 5.92. The van der Waals surface area contributed by atoms with Gasteiger partial charge in [0.1, 0.15) is 11.6 Å². The molecule has 2 heterocycles. The molecule has 1 aliphatic heterocycles. The summed E-state index contributed by atoms with van der Waals surface area (Å²) in [6.07, 6.45) is 3.84. The van der Waals surface area contributed by atoms with Gasteiger partial charge in [0.15, 0.2) is 0 Å². The number of urea groups is 1. The van der Waals surface area contributed by atoms with Crippen molar-refractivity contribution >= 4 is 29.7 Å². The van der Waals surface area contributed by atoms with E-state index in [1.165, 1.54) is 18.3 Å². The van der Waals surface area contributed by atoms with Crippen molar-refractivity contribution in [3.8, 4) is 0 Å². The fourth-order valence-electron chi connectivity index (χ4n) is 3.09. The van der Waals surface area contributed by atoms with Crippen molar-refractivity contribution in [2.45, 2.75) is 31.8 Å². The van der Waals surface area contributed by atoms with Gasteiger partial charge in [-0.05, 0) is 37.1 Å². The summed E-state index contributed by atoms with van der Waals surface area (Å²) in [6.45, 7) is 2.40. The number of amides is 3. The Morgan fingerprint density at radius 1 is 1.38 bits per heavy atom. The monoisotopic (exact) mass is 398 g/mol. The molecule has 29 heavy (non-hydrogen) atoms. The van der Waals surface area contributed by atoms with E-state index in [1.54, 1.807) is 25.1 Å². The summed E-state index contributed by atoms with van der Waals surface area (Å²) in [5.41, 5.74) is 1.95. The number of pyridine rings is 1. The molecule has 2 atom stereocenters. The topological polar surface area (TPSA) is 119 Å². The first-order valence-electron chi connectivity index (χ1n) is 9.31. The molecule has 0 saturated carbocycles. The zero-order chi connectivity index (χ0) is 20.8. The molecule has 1 aliphatic rings. The Labute approximate surface area is 167 Å². The van der Waals surface area contributed by atoms with E-state index >= 15 is 0 Å². The molecule has 0 radical (unpaired) electrons. The van der Waals surface area contributed by atoms with Crippen LogP contribution < -0.4 is 21.3 Å². The van der Waals surface area contributed by atoms with Gasteiger partial charge in [0.2, 0.25) is 5.91 Å². The first-order chi connectivity index (χ1) is 13.9. The van der Waals surface area contributed by atoms with Crippen molar-refractivity contribution < 1.29 is 14.0 Å². The standard InChI is InChI=1S/C20H23FN6O2/c1-12(13-2-4-15(21)5-3-13)25-20(29)27-18-8-14(10-22)17(11-24-18)26-16-6-7-23-19(28)9-16/h2-5,8,10-12,16,22,26H,6-7,9H2,1H3,(H,23,28)(H2,24,25,27,29)/t12-,16?/m1/s1. The molecule has 152 valence electrons. The van der Waals surface area contributed by atoms with Gasteiger partial charge in [-0.15, -0.1) is 0 Å². The van der Waals surface area contributed by atoms with Crippen LogP contribution in [0.3, 0.4) is 0 Å². The molecule has 8 nitrogen and oxygen atoms in total. The van der Waals surface area contributed by atoms with E-state index in [2.05, 4.69) is 26.3 Å². The minimum atomic E-state index is -0.463. The number of carbonyl (C=O) groups excluding carboxylic acids is 2. The first kappa shape index (κ1) is 20.2. The molecule has 1 fully saturated rings. The zero-order valence-electron chi connectivity index (χ0n) is 16.0. The molecule has 0 spiro atoms. The van der Waals surface area contributed by atoms with Gasteiger partial charge in [-0.3, -0.25) is 10.1 Å². The minimum absolute atomic E-state index is 0.0108. The molecule has 9 heteroatoms. The van der Waals surface area contributed by atoms with Crippen LogP contribution in [-0.4, -0.2) is 35.7 Å². The lowest BCUT2D eigenvalue weighted by Crippen LogP contribution is -2.39. The summed E-state index contributed by atoms with van der Waals surface area (Å²) in [6, 6.07) is 6.67. The third kappa shape index (κ3) is 5.50. The van der Waals surface area contributed by atoms with Crippen LogP contribution in [0.1, 0.15) is 36.9 Å². The molecule has 1 unspecified atom stereocenters. The number of aromatic nitrogens is 1. The Kier molecular flexibility index (Phi) is 6.38. The summed E-state index contributed by atoms with van der Waals surface area (Å²) in [4.78, 5) is 28.0. The largest absolute Gasteiger partial charge is 0.380 e. The average Bonchev–Trinajstić information content (AvgIpc) is 2.69. The van der Waals surface area contributed by atoms with Crippen molar-refractivity contribution in [3.63, 3.8) is 0 Å². The molecular formula is C20H23FN6O2. The van der Waals surface area contributed by atoms with Gasteiger partial charge in [-0.25, -0.2) is 14.2 Å². The summed E-state index contributed by atoms with van der Waals surface area (Å²) in [7, 11) is 0. The zero-order valence-corrected chi connectivity index (χ0v) is 16.0. The predicted molar refractivity (Wildman–Crippen MR) is 109 cm³/mol. The molecule has 3 amide bonds. The molecule has 0 aliphatic carbocycles. The van der Waals surface area contributed by atoms with Crippen molar-refractivity contribution in [3.05, 3.63) is 53.5 Å². The third-order valence-corrected chi connectivity index (χ3v) is 4.66. The number of anilines is 2. The van der Waals surface area contributed by atoms with Crippen LogP contribution in [0, 0.1) is 11.2 Å². The van der Waals surface area contributed by atoms with E-state index in [0.717, 1.165) is 18.2 Å². The summed E-state index contributed by atoms with van der Waals surface area (Å²) in [5.74, 6) is -0.0566. The first-order valence-corrected chi connectivity index (χ1v) is 9.31. The molecular weight excluding hydrogens is 375 g/mol. The number of nitrogens with one attached hydrogen (secondary N) is 5. The van der Waals surface area contributed by atoms with Crippen LogP contribution in [0.15, 0.2) is 36.5 Å². The van der Waals surface area contributed by atoms with Crippen molar-refractivity contribution in [1.29, 1.82) is 5.41 Å². The number of halogens is 1. The van der Waals surface area contributed by atoms with Crippen molar-refractivity contribution in [2.24, 2.45) is 0 Å². The lowest BCUT2D eigenvalue weighted by atomic mass is 10.1. The van der Waals surface area contributed by atoms with Crippen molar-refractivity contribution in [1.82, 2.24) is 15.6 Å². The van der Waals surface area contributed by atoms with Crippen molar-refractivity contribution in [2.75, 3.05) is 17.2 Å². The Morgan fingerprint density at radius 3 is 2.83 bits per heavy atom. The fourth-order valence-corrected chi connectivity index (χ4v) is 3.09. The Hall–Kier alpha value is -3.49. The van der Waals surface area contributed by atoms with Crippen LogP contribution in [0.4, 0.5) is 20.7 Å². The average molecular weight is 398 g/mol. The fraction of sp³-hybridized carbons (Fsp3) is 0.300. The molecule has 1 aromatic heterocycles. The molecule has 0 bridgehead atoms. The highest BCUT2D eigenvalue weighted by Crippen LogP contribution is 2.20. The van der Waals surface area contributed by atoms with Gasteiger partial charge in [0.25, 0.3) is 0 Å². The molecule has 2 aromatic rings. The van der Waals surface area contributed by atoms with E-state index in [4.69, 9.17) is 5.41 Å². The molecule has 1 aromatic carbocycles. The van der Waals surface area contributed by atoms with Crippen LogP contribution >= 0.6 is 0 Å². The lowest BCUT2D eigenvalue weighted by molar-refractivity contribution is -0.122. The number of hydrogen-bond acceptors (Lipinski definition) is 5. The SMILES string of the molecule is C[C@@H](NC(=O)Nc1cc(C=N)c(NC2CCNC(=O)C2)cn1)c1ccc(F)cc1. The summed E-state index contributed by atoms with van der Waals surface area (Å²) in [5, 5.41) is 19.0. The van der Waals surface area contributed by atoms with E-state index in [-0.39, 0.29) is 23.8 Å². The summed E-state index contributed by atoms with van der Waals surface area (Å²) >= 11 is 0. The maximum atomic E-state index is 13.0. The van der Waals surface area contributed by atoms with Crippen LogP contribution in [0.2, 0.25) is 0 Å². The van der Waals surface area contributed by atoms with E-state index in [9.17, 15) is 14.0 Å². The van der Waals surface area contributed by atoms with Gasteiger partial charge in [0, 0.05) is 30.8 Å². The highest BCUT2D eigenvalue weighted by Gasteiger charge is 2.20. The van der Waals surface area contributed by atoms with Gasteiger partial charge in [-0.2, -0.15) is 0 Å². The Bertz CT molecular complexity index is 902. The summed E-state index contributed by atoms with van der Waals surface area (Å²) < 4.78 is 13.0. The maximum Gasteiger partial charge on any atom is 0.320 e. The van der Waals surface area contributed by atoms with Crippen LogP contribution in [0.25, 0.3) is 0 Å². The maximum absolute atomic E-state index is 13.0. The Morgan fingerprint density at radius 2 is 2.14 bits per heavy atom. The van der Waals surface area contributed by atoms with Gasteiger partial charge < -0.3 is 21.4 Å². The second-order valence-electron chi connectivity index (χ2n) is 6.86. The van der Waals surface area contributed by atoms with Gasteiger partial charge in [-0.1, -0.05) is 12.1 Å².